The largest absolute Gasteiger partial charge is 0.476 e. The maximum Gasteiger partial charge on any atom is 0.368 e. The van der Waals surface area contributed by atoms with Crippen LogP contribution in [0.4, 0.5) is 21.5 Å². The van der Waals surface area contributed by atoms with Crippen molar-refractivity contribution < 1.29 is 32.9 Å². The number of amides is 1. The number of carboxylic acid groups (broad SMARTS) is 1. The molecule has 1 aliphatic rings. The molecule has 0 saturated heterocycles. The molecule has 0 spiro atoms. The summed E-state index contributed by atoms with van der Waals surface area (Å²) >= 11 is 1.32. The molecule has 2 aromatic carbocycles. The number of benzene rings is 2. The number of thioether (sulfide) groups is 1. The van der Waals surface area contributed by atoms with Crippen LogP contribution in [0.25, 0.3) is 0 Å². The third-order valence-electron chi connectivity index (χ3n) is 7.29. The van der Waals surface area contributed by atoms with Crippen LogP contribution in [0.5, 0.6) is 5.75 Å². The van der Waals surface area contributed by atoms with E-state index >= 15 is 0 Å². The highest BCUT2D eigenvalue weighted by atomic mass is 32.3. The molecule has 1 aliphatic heterocycles. The van der Waals surface area contributed by atoms with Gasteiger partial charge in [0.1, 0.15) is 12.0 Å². The average Bonchev–Trinajstić information content (AvgIpc) is 3.05. The predicted octanol–water partition coefficient (Wildman–Crippen LogP) is 8.66. The number of ether oxygens (including phenoxy) is 1. The van der Waals surface area contributed by atoms with E-state index in [1.165, 1.54) is 17.8 Å². The van der Waals surface area contributed by atoms with Crippen LogP contribution in [0.2, 0.25) is 0 Å². The Kier molecular flexibility index (Phi) is 11.5. The third kappa shape index (κ3) is 8.18. The summed E-state index contributed by atoms with van der Waals surface area (Å²) in [6.45, 7) is 6.58. The van der Waals surface area contributed by atoms with Gasteiger partial charge in [-0.2, -0.15) is 15.0 Å². The molecule has 0 radical (unpaired) electrons. The second-order valence-corrected chi connectivity index (χ2v) is 13.3. The van der Waals surface area contributed by atoms with Crippen molar-refractivity contribution in [1.82, 2.24) is 0 Å². The molecule has 226 valence electrons. The van der Waals surface area contributed by atoms with Crippen molar-refractivity contribution in [1.29, 1.82) is 0 Å². The Morgan fingerprint density at radius 1 is 1.12 bits per heavy atom. The fourth-order valence-electron chi connectivity index (χ4n) is 5.13. The van der Waals surface area contributed by atoms with Crippen LogP contribution in [0.3, 0.4) is 0 Å². The quantitative estimate of drug-likeness (QED) is 0.101. The Bertz CT molecular complexity index is 1240. The first-order valence-corrected chi connectivity index (χ1v) is 16.8. The molecule has 4 N–H and O–H groups in total. The minimum absolute atomic E-state index is 0.0875. The van der Waals surface area contributed by atoms with E-state index in [4.69, 9.17) is 9.84 Å². The number of halogens is 1. The minimum atomic E-state index is -3.34. The molecule has 1 amide bonds. The number of fused-ring (bicyclic) bond motifs is 1. The molecule has 3 rings (SSSR count). The van der Waals surface area contributed by atoms with Gasteiger partial charge in [-0.1, -0.05) is 46.5 Å². The first-order valence-electron chi connectivity index (χ1n) is 13.9. The summed E-state index contributed by atoms with van der Waals surface area (Å²) in [5, 5.41) is 11.8. The zero-order valence-electron chi connectivity index (χ0n) is 24.1. The molecule has 0 unspecified atom stereocenters. The van der Waals surface area contributed by atoms with E-state index in [0.29, 0.717) is 35.5 Å². The lowest BCUT2D eigenvalue weighted by molar-refractivity contribution is -0.134. The summed E-state index contributed by atoms with van der Waals surface area (Å²) in [5.41, 5.74) is 1.70. The van der Waals surface area contributed by atoms with Gasteiger partial charge in [-0.25, -0.2) is 4.79 Å². The van der Waals surface area contributed by atoms with Crippen molar-refractivity contribution in [3.05, 3.63) is 48.5 Å². The normalized spacial score (nSPS) is 16.9. The van der Waals surface area contributed by atoms with Crippen molar-refractivity contribution in [2.24, 2.45) is 5.41 Å². The van der Waals surface area contributed by atoms with E-state index < -0.39 is 27.8 Å². The van der Waals surface area contributed by atoms with E-state index in [1.54, 1.807) is 13.0 Å². The Hall–Kier alpha value is -2.73. The van der Waals surface area contributed by atoms with Crippen molar-refractivity contribution in [2.75, 3.05) is 28.8 Å². The molecule has 0 aromatic heterocycles. The molecule has 0 atom stereocenters. The molecule has 41 heavy (non-hydrogen) atoms. The van der Waals surface area contributed by atoms with Crippen molar-refractivity contribution >= 4 is 51.3 Å². The van der Waals surface area contributed by atoms with Crippen LogP contribution in [0.15, 0.2) is 58.3 Å². The number of carboxylic acids is 1. The van der Waals surface area contributed by atoms with Gasteiger partial charge in [0.15, 0.2) is 0 Å². The number of aliphatic carboxylic acids is 1. The number of unbranched alkanes of at least 4 members (excludes halogenated alkanes) is 2. The fourth-order valence-corrected chi connectivity index (χ4v) is 7.85. The summed E-state index contributed by atoms with van der Waals surface area (Å²) in [4.78, 5) is 25.8. The second-order valence-electron chi connectivity index (χ2n) is 10.4. The summed E-state index contributed by atoms with van der Waals surface area (Å²) in [6.07, 6.45) is 8.15. The number of carbonyl (C=O) groups excluding carboxylic acids is 1. The molecular formula is C30H41FN2O6S2. The Morgan fingerprint density at radius 2 is 1.76 bits per heavy atom. The number of hydrogen-bond acceptors (Lipinski definition) is 7. The van der Waals surface area contributed by atoms with E-state index in [-0.39, 0.29) is 22.3 Å². The van der Waals surface area contributed by atoms with Gasteiger partial charge in [0.05, 0.1) is 15.5 Å². The first-order chi connectivity index (χ1) is 19.5. The molecule has 1 heterocycles. The lowest BCUT2D eigenvalue weighted by Crippen LogP contribution is -2.37. The smallest absolute Gasteiger partial charge is 0.368 e. The van der Waals surface area contributed by atoms with Crippen LogP contribution < -0.4 is 15.0 Å². The predicted molar refractivity (Wildman–Crippen MR) is 166 cm³/mol. The van der Waals surface area contributed by atoms with Gasteiger partial charge in [0.25, 0.3) is 0 Å². The molecule has 0 saturated carbocycles. The van der Waals surface area contributed by atoms with Gasteiger partial charge in [0.2, 0.25) is 11.7 Å². The zero-order chi connectivity index (χ0) is 30.2. The molecule has 2 aromatic rings. The summed E-state index contributed by atoms with van der Waals surface area (Å²) < 4.78 is 42.7. The topological polar surface area (TPSA) is 119 Å². The van der Waals surface area contributed by atoms with Crippen LogP contribution in [-0.2, 0) is 9.59 Å². The molecule has 8 nitrogen and oxygen atoms in total. The summed E-state index contributed by atoms with van der Waals surface area (Å²) in [6, 6.07) is 10.8. The molecular weight excluding hydrogens is 567 g/mol. The standard InChI is InChI=1S/C30H41FN2O6S2/c1-5-8-14-30(15-9-6-2)19-33(22-12-10-21(11-13-22)32-28(34)7-3)24-16-26(40-4)25(39-18-23(31)29(35)36)17-27(24)41(37,38)20-30/h10-13,16-18,37-38H,5-9,14-15,19-20H2,1-4H3,(H,32,34)(H,35,36). The monoisotopic (exact) mass is 608 g/mol. The molecule has 0 aliphatic carbocycles. The van der Waals surface area contributed by atoms with Gasteiger partial charge in [-0.05, 0) is 49.4 Å². The maximum absolute atomic E-state index is 13.8. The van der Waals surface area contributed by atoms with E-state index in [0.717, 1.165) is 44.2 Å². The fraction of sp³-hybridized carbons (Fsp3) is 0.467. The second kappa shape index (κ2) is 14.4. The molecule has 0 bridgehead atoms. The minimum Gasteiger partial charge on any atom is -0.476 e. The lowest BCUT2D eigenvalue weighted by atomic mass is 9.79. The zero-order valence-corrected chi connectivity index (χ0v) is 25.7. The van der Waals surface area contributed by atoms with Gasteiger partial charge < -0.3 is 20.1 Å². The van der Waals surface area contributed by atoms with E-state index in [2.05, 4.69) is 24.1 Å². The van der Waals surface area contributed by atoms with Gasteiger partial charge in [-0.3, -0.25) is 13.9 Å². The highest BCUT2D eigenvalue weighted by molar-refractivity contribution is 8.24. The van der Waals surface area contributed by atoms with Crippen molar-refractivity contribution in [2.45, 2.75) is 75.5 Å². The summed E-state index contributed by atoms with van der Waals surface area (Å²) in [5.74, 6) is -2.99. The Balaban J connectivity index is 2.21. The van der Waals surface area contributed by atoms with Crippen molar-refractivity contribution in [3.8, 4) is 5.75 Å². The number of rotatable bonds is 13. The highest BCUT2D eigenvalue weighted by Gasteiger charge is 2.42. The van der Waals surface area contributed by atoms with Crippen LogP contribution in [0.1, 0.15) is 65.7 Å². The lowest BCUT2D eigenvalue weighted by Gasteiger charge is -2.42. The van der Waals surface area contributed by atoms with Crippen LogP contribution in [-0.4, -0.2) is 44.6 Å². The number of hydrogen-bond donors (Lipinski definition) is 4. The van der Waals surface area contributed by atoms with E-state index in [1.807, 2.05) is 30.5 Å². The first kappa shape index (κ1) is 32.8. The Labute approximate surface area is 247 Å². The SMILES string of the molecule is CCCCC1(CCCC)CN(c2ccc(NC(=O)CC)cc2)c2cc(SC)c(OC=C(F)C(=O)O)cc2S(O)(O)C1. The van der Waals surface area contributed by atoms with Gasteiger partial charge in [-0.15, -0.1) is 11.8 Å². The van der Waals surface area contributed by atoms with Crippen LogP contribution >= 0.6 is 22.4 Å². The van der Waals surface area contributed by atoms with Crippen molar-refractivity contribution in [3.63, 3.8) is 0 Å². The number of nitrogens with one attached hydrogen (secondary N) is 1. The van der Waals surface area contributed by atoms with Crippen LogP contribution in [0, 0.1) is 5.41 Å². The molecule has 0 fully saturated rings. The number of carbonyl (C=O) groups is 2. The number of anilines is 3. The Morgan fingerprint density at radius 3 is 2.29 bits per heavy atom. The summed E-state index contributed by atoms with van der Waals surface area (Å²) in [7, 11) is -3.34. The highest BCUT2D eigenvalue weighted by Crippen LogP contribution is 2.62. The molecule has 11 heteroatoms. The third-order valence-corrected chi connectivity index (χ3v) is 10.1. The average molecular weight is 609 g/mol. The maximum atomic E-state index is 13.8. The number of nitrogens with zero attached hydrogens (tertiary/aromatic N) is 1. The van der Waals surface area contributed by atoms with E-state index in [9.17, 15) is 23.1 Å². The van der Waals surface area contributed by atoms with Gasteiger partial charge >= 0.3 is 5.97 Å². The van der Waals surface area contributed by atoms with Gasteiger partial charge in [0, 0.05) is 41.6 Å².